The lowest BCUT2D eigenvalue weighted by molar-refractivity contribution is -0.138. The highest BCUT2D eigenvalue weighted by atomic mass is 32.1. The molecule has 0 rings (SSSR count). The Balaban J connectivity index is 3.55. The van der Waals surface area contributed by atoms with Crippen LogP contribution in [0.15, 0.2) is 4.36 Å². The van der Waals surface area contributed by atoms with Crippen LogP contribution in [0.25, 0.3) is 0 Å². The molecule has 0 saturated heterocycles. The molecule has 0 amide bonds. The van der Waals surface area contributed by atoms with Gasteiger partial charge < -0.3 is 16.2 Å². The Morgan fingerprint density at radius 1 is 1.77 bits per heavy atom. The summed E-state index contributed by atoms with van der Waals surface area (Å²) in [4.78, 5) is 10.4. The van der Waals surface area contributed by atoms with E-state index in [0.717, 1.165) is 0 Å². The van der Waals surface area contributed by atoms with E-state index in [1.165, 1.54) is 0 Å². The van der Waals surface area contributed by atoms with Crippen molar-refractivity contribution in [3.8, 4) is 0 Å². The van der Waals surface area contributed by atoms with Gasteiger partial charge in [0.25, 0.3) is 0 Å². The van der Waals surface area contributed by atoms with E-state index in [0.29, 0.717) is 19.4 Å². The van der Waals surface area contributed by atoms with Crippen LogP contribution in [0, 0.1) is 5.41 Å². The van der Waals surface area contributed by atoms with Crippen LogP contribution in [-0.2, 0) is 17.2 Å². The number of carboxylic acids is 1. The minimum Gasteiger partial charge on any atom is -0.480 e. The van der Waals surface area contributed by atoms with Gasteiger partial charge in [-0.25, -0.2) is 9.16 Å². The molecule has 6 nitrogen and oxygen atoms in total. The molecule has 0 radical (unpaired) electrons. The largest absolute Gasteiger partial charge is 0.480 e. The van der Waals surface area contributed by atoms with Crippen LogP contribution >= 0.6 is 0 Å². The molecule has 7 heteroatoms. The predicted molar refractivity (Wildman–Crippen MR) is 50.4 cm³/mol. The van der Waals surface area contributed by atoms with E-state index in [1.54, 1.807) is 0 Å². The zero-order valence-electron chi connectivity index (χ0n) is 6.99. The molecule has 0 aliphatic rings. The first-order valence-electron chi connectivity index (χ1n) is 3.71. The summed E-state index contributed by atoms with van der Waals surface area (Å²) in [5.41, 5.74) is 5.01. The zero-order chi connectivity index (χ0) is 10.3. The minimum absolute atomic E-state index is 0.123. The Morgan fingerprint density at radius 3 is 2.77 bits per heavy atom. The molecule has 0 aromatic heterocycles. The summed E-state index contributed by atoms with van der Waals surface area (Å²) in [6, 6.07) is -0.830. The first-order valence-corrected chi connectivity index (χ1v) is 4.07. The summed E-state index contributed by atoms with van der Waals surface area (Å²) < 4.78 is 3.28. The maximum absolute atomic E-state index is 10.4. The number of nitrogens with two attached hydrogens (primary N) is 1. The minimum atomic E-state index is -1.02. The van der Waals surface area contributed by atoms with Crippen molar-refractivity contribution in [2.45, 2.75) is 18.9 Å². The van der Waals surface area contributed by atoms with Crippen molar-refractivity contribution in [1.82, 2.24) is 5.32 Å². The molecular weight excluding hydrogens is 192 g/mol. The molecule has 0 fully saturated rings. The van der Waals surface area contributed by atoms with Gasteiger partial charge in [0, 0.05) is 19.0 Å². The van der Waals surface area contributed by atoms with Crippen molar-refractivity contribution in [2.75, 3.05) is 6.54 Å². The summed E-state index contributed by atoms with van der Waals surface area (Å²) in [5, 5.41) is 17.9. The summed E-state index contributed by atoms with van der Waals surface area (Å²) in [6.45, 7) is 0.462. The van der Waals surface area contributed by atoms with Crippen LogP contribution in [0.5, 0.6) is 0 Å². The topological polar surface area (TPSA) is 112 Å². The van der Waals surface area contributed by atoms with Crippen LogP contribution in [0.2, 0.25) is 0 Å². The molecule has 0 aliphatic carbocycles. The molecule has 0 aromatic rings. The summed E-state index contributed by atoms with van der Waals surface area (Å²) in [7, 11) is 0. The van der Waals surface area contributed by atoms with Crippen molar-refractivity contribution >= 4 is 24.4 Å². The van der Waals surface area contributed by atoms with Crippen LogP contribution in [0.1, 0.15) is 12.8 Å². The molecule has 0 aliphatic heterocycles. The van der Waals surface area contributed by atoms with Gasteiger partial charge in [0.1, 0.15) is 0 Å². The van der Waals surface area contributed by atoms with Crippen molar-refractivity contribution in [3.05, 3.63) is 0 Å². The number of guanidine groups is 1. The standard InChI is InChI=1S/C6H12N4O2S/c7-6(8)9-3-1-2-4(10-13)5(11)12/h4H,1-3H2,(H,11,12)(H4,7,8,9)/t4-/m0/s1. The zero-order valence-corrected chi connectivity index (χ0v) is 7.80. The first kappa shape index (κ1) is 11.8. The summed E-state index contributed by atoms with van der Waals surface area (Å²) >= 11 is 4.31. The highest BCUT2D eigenvalue weighted by molar-refractivity contribution is 7.47. The average molecular weight is 204 g/mol. The first-order chi connectivity index (χ1) is 6.07. The fraction of sp³-hybridized carbons (Fsp3) is 0.667. The average Bonchev–Trinajstić information content (AvgIpc) is 2.03. The lowest BCUT2D eigenvalue weighted by Gasteiger charge is -2.05. The number of aliphatic carboxylic acids is 1. The third-order valence-electron chi connectivity index (χ3n) is 1.38. The third-order valence-corrected chi connectivity index (χ3v) is 1.64. The van der Waals surface area contributed by atoms with E-state index in [2.05, 4.69) is 22.1 Å². The Morgan fingerprint density at radius 2 is 2.38 bits per heavy atom. The molecule has 13 heavy (non-hydrogen) atoms. The van der Waals surface area contributed by atoms with Gasteiger partial charge in [-0.15, -0.1) is 0 Å². The van der Waals surface area contributed by atoms with E-state index < -0.39 is 12.0 Å². The van der Waals surface area contributed by atoms with Crippen molar-refractivity contribution in [3.63, 3.8) is 0 Å². The monoisotopic (exact) mass is 204 g/mol. The second kappa shape index (κ2) is 6.30. The normalized spacial score (nSPS) is 11.7. The quantitative estimate of drug-likeness (QED) is 0.263. The highest BCUT2D eigenvalue weighted by Gasteiger charge is 2.14. The second-order valence-corrected chi connectivity index (χ2v) is 2.65. The number of carboxylic acid groups (broad SMARTS) is 1. The molecule has 5 N–H and O–H groups in total. The lowest BCUT2D eigenvalue weighted by Crippen LogP contribution is -2.31. The number of hydrogen-bond donors (Lipinski definition) is 4. The number of nitrogens with zero attached hydrogens (tertiary/aromatic N) is 1. The Bertz CT molecular complexity index is 209. The van der Waals surface area contributed by atoms with Gasteiger partial charge in [-0.3, -0.25) is 5.41 Å². The smallest absolute Gasteiger partial charge is 0.329 e. The lowest BCUT2D eigenvalue weighted by atomic mass is 10.2. The molecule has 0 unspecified atom stereocenters. The van der Waals surface area contributed by atoms with E-state index in [4.69, 9.17) is 16.2 Å². The molecule has 0 heterocycles. The fourth-order valence-electron chi connectivity index (χ4n) is 0.740. The van der Waals surface area contributed by atoms with Crippen LogP contribution in [0.4, 0.5) is 0 Å². The highest BCUT2D eigenvalue weighted by Crippen LogP contribution is 2.00. The molecule has 1 atom stereocenters. The number of hydrogen-bond acceptors (Lipinski definition) is 4. The van der Waals surface area contributed by atoms with E-state index >= 15 is 0 Å². The van der Waals surface area contributed by atoms with E-state index in [1.807, 2.05) is 0 Å². The molecule has 0 aromatic carbocycles. The van der Waals surface area contributed by atoms with Gasteiger partial charge >= 0.3 is 5.97 Å². The molecule has 0 bridgehead atoms. The Labute approximate surface area is 81.2 Å². The number of carbonyl (C=O) groups is 1. The molecular formula is C6H12N4O2S. The van der Waals surface area contributed by atoms with E-state index in [-0.39, 0.29) is 5.96 Å². The second-order valence-electron chi connectivity index (χ2n) is 2.44. The summed E-state index contributed by atoms with van der Waals surface area (Å²) in [6.07, 6.45) is 0.926. The summed E-state index contributed by atoms with van der Waals surface area (Å²) in [5.74, 6) is -1.14. The van der Waals surface area contributed by atoms with Gasteiger partial charge in [0.05, 0.1) is 0 Å². The molecule has 0 saturated carbocycles. The number of rotatable bonds is 6. The van der Waals surface area contributed by atoms with Crippen LogP contribution in [0.3, 0.4) is 0 Å². The SMILES string of the molecule is N=C(N)NCCC[C@H](N=S)C(=O)O. The van der Waals surface area contributed by atoms with Gasteiger partial charge in [-0.05, 0) is 12.8 Å². The fourth-order valence-corrected chi connectivity index (χ4v) is 0.935. The van der Waals surface area contributed by atoms with Gasteiger partial charge in [-0.2, -0.15) is 0 Å². The molecule has 0 spiro atoms. The van der Waals surface area contributed by atoms with Gasteiger partial charge in [0.15, 0.2) is 12.0 Å². The van der Waals surface area contributed by atoms with Crippen molar-refractivity contribution in [2.24, 2.45) is 10.1 Å². The predicted octanol–water partition coefficient (Wildman–Crippen LogP) is -0.567. The van der Waals surface area contributed by atoms with E-state index in [9.17, 15) is 4.79 Å². The Kier molecular flexibility index (Phi) is 5.69. The number of nitrogens with one attached hydrogen (secondary N) is 2. The maximum atomic E-state index is 10.4. The van der Waals surface area contributed by atoms with Crippen LogP contribution in [-0.4, -0.2) is 29.6 Å². The molecule has 74 valence electrons. The third kappa shape index (κ3) is 5.97. The van der Waals surface area contributed by atoms with Gasteiger partial charge in [-0.1, -0.05) is 0 Å². The van der Waals surface area contributed by atoms with Crippen molar-refractivity contribution < 1.29 is 9.90 Å². The van der Waals surface area contributed by atoms with Gasteiger partial charge in [0.2, 0.25) is 0 Å². The maximum Gasteiger partial charge on any atom is 0.329 e. The van der Waals surface area contributed by atoms with Crippen molar-refractivity contribution in [1.29, 1.82) is 5.41 Å². The Hall–Kier alpha value is -1.24. The van der Waals surface area contributed by atoms with Crippen LogP contribution < -0.4 is 11.1 Å².